The fourth-order valence-electron chi connectivity index (χ4n) is 5.29. The second-order valence-corrected chi connectivity index (χ2v) is 10.1. The highest BCUT2D eigenvalue weighted by molar-refractivity contribution is 5.36. The molecule has 2 aliphatic rings. The Labute approximate surface area is 189 Å². The number of hydrogen-bond acceptors (Lipinski definition) is 0. The van der Waals surface area contributed by atoms with E-state index in [0.717, 1.165) is 30.7 Å². The van der Waals surface area contributed by atoms with Crippen molar-refractivity contribution in [2.75, 3.05) is 0 Å². The summed E-state index contributed by atoms with van der Waals surface area (Å²) in [6.45, 7) is 4.57. The number of benzene rings is 1. The van der Waals surface area contributed by atoms with E-state index in [2.05, 4.69) is 32.1 Å². The third-order valence-corrected chi connectivity index (χ3v) is 7.49. The minimum Gasteiger partial charge on any atom is -0.207 e. The molecule has 2 heteroatoms. The maximum Gasteiger partial charge on any atom is 0.129 e. The number of halogens is 2. The summed E-state index contributed by atoms with van der Waals surface area (Å²) in [5.41, 5.74) is 2.50. The van der Waals surface area contributed by atoms with E-state index >= 15 is 0 Å². The van der Waals surface area contributed by atoms with E-state index in [1.807, 2.05) is 0 Å². The van der Waals surface area contributed by atoms with E-state index in [1.165, 1.54) is 69.8 Å². The van der Waals surface area contributed by atoms with Gasteiger partial charge in [0, 0.05) is 11.5 Å². The van der Waals surface area contributed by atoms with E-state index in [9.17, 15) is 8.78 Å². The van der Waals surface area contributed by atoms with Crippen LogP contribution in [0.15, 0.2) is 35.9 Å². The van der Waals surface area contributed by atoms with E-state index in [1.54, 1.807) is 12.1 Å². The summed E-state index contributed by atoms with van der Waals surface area (Å²) in [6, 6.07) is 3.17. The van der Waals surface area contributed by atoms with Gasteiger partial charge in [-0.2, -0.15) is 0 Å². The van der Waals surface area contributed by atoms with Gasteiger partial charge >= 0.3 is 0 Å². The first-order valence-electron chi connectivity index (χ1n) is 12.9. The van der Waals surface area contributed by atoms with Gasteiger partial charge < -0.3 is 0 Å². The Kier molecular flexibility index (Phi) is 9.81. The van der Waals surface area contributed by atoms with Gasteiger partial charge in [-0.3, -0.25) is 0 Å². The van der Waals surface area contributed by atoms with E-state index in [-0.39, 0.29) is 23.1 Å². The van der Waals surface area contributed by atoms with Crippen LogP contribution in [0.4, 0.5) is 8.78 Å². The number of hydrogen-bond donors (Lipinski definition) is 0. The van der Waals surface area contributed by atoms with Crippen molar-refractivity contribution in [1.82, 2.24) is 0 Å². The molecule has 172 valence electrons. The molecular weight excluding hydrogens is 386 g/mol. The fraction of sp³-hybridized carbons (Fsp3) is 0.655. The van der Waals surface area contributed by atoms with Crippen LogP contribution in [0.3, 0.4) is 0 Å². The van der Waals surface area contributed by atoms with Crippen molar-refractivity contribution in [3.63, 3.8) is 0 Å². The van der Waals surface area contributed by atoms with Crippen LogP contribution in [0.25, 0.3) is 0 Å². The highest BCUT2D eigenvalue weighted by Crippen LogP contribution is 2.37. The average molecular weight is 429 g/mol. The quantitative estimate of drug-likeness (QED) is 0.308. The first-order chi connectivity index (χ1) is 15.1. The molecule has 1 fully saturated rings. The van der Waals surface area contributed by atoms with Crippen molar-refractivity contribution in [2.24, 2.45) is 11.8 Å². The molecule has 2 aliphatic carbocycles. The van der Waals surface area contributed by atoms with Gasteiger partial charge in [0.2, 0.25) is 0 Å². The molecule has 0 nitrogen and oxygen atoms in total. The Morgan fingerprint density at radius 1 is 0.839 bits per heavy atom. The Bertz CT molecular complexity index is 714. The molecular formula is C29H42F2. The smallest absolute Gasteiger partial charge is 0.129 e. The summed E-state index contributed by atoms with van der Waals surface area (Å²) in [6.07, 6.45) is 22.8. The molecule has 1 aromatic rings. The lowest BCUT2D eigenvalue weighted by Gasteiger charge is -2.29. The van der Waals surface area contributed by atoms with Crippen LogP contribution in [-0.4, -0.2) is 0 Å². The molecule has 0 amide bonds. The lowest BCUT2D eigenvalue weighted by atomic mass is 9.76. The van der Waals surface area contributed by atoms with Gasteiger partial charge in [0.15, 0.2) is 0 Å². The van der Waals surface area contributed by atoms with Crippen LogP contribution in [0.1, 0.15) is 114 Å². The number of rotatable bonds is 11. The molecule has 0 heterocycles. The van der Waals surface area contributed by atoms with Crippen LogP contribution in [-0.2, 0) is 6.42 Å². The second kappa shape index (κ2) is 12.6. The zero-order valence-electron chi connectivity index (χ0n) is 19.8. The predicted octanol–water partition coefficient (Wildman–Crippen LogP) is 9.44. The van der Waals surface area contributed by atoms with Gasteiger partial charge in [0.05, 0.1) is 0 Å². The van der Waals surface area contributed by atoms with Crippen molar-refractivity contribution < 1.29 is 8.78 Å². The normalized spacial score (nSPS) is 23.7. The van der Waals surface area contributed by atoms with Crippen LogP contribution >= 0.6 is 0 Å². The summed E-state index contributed by atoms with van der Waals surface area (Å²) in [5, 5.41) is 0. The zero-order valence-corrected chi connectivity index (χ0v) is 19.8. The van der Waals surface area contributed by atoms with Crippen molar-refractivity contribution in [1.29, 1.82) is 0 Å². The number of allylic oxidation sites excluding steroid dienone is 4. The van der Waals surface area contributed by atoms with Gasteiger partial charge in [-0.15, -0.1) is 0 Å². The lowest BCUT2D eigenvalue weighted by molar-refractivity contribution is 0.322. The maximum atomic E-state index is 14.7. The number of unbranched alkanes of at least 4 members (excludes halogenated alkanes) is 7. The standard InChI is InChI=1S/C29H42F2/c1-3-4-5-6-7-8-9-10-11-27-28(30)20-26(21-29(27)31)25-18-16-24(17-19-25)23-14-12-22(2)13-15-23/h16-18,20-23,25H,3-15,19H2,1-2H3. The average Bonchev–Trinajstić information content (AvgIpc) is 2.77. The molecule has 0 aliphatic heterocycles. The summed E-state index contributed by atoms with van der Waals surface area (Å²) in [5.74, 6) is 0.903. The van der Waals surface area contributed by atoms with Crippen molar-refractivity contribution >= 4 is 0 Å². The van der Waals surface area contributed by atoms with Crippen molar-refractivity contribution in [2.45, 2.75) is 110 Å². The van der Waals surface area contributed by atoms with Gasteiger partial charge in [-0.1, -0.05) is 89.9 Å². The maximum absolute atomic E-state index is 14.7. The topological polar surface area (TPSA) is 0 Å². The Morgan fingerprint density at radius 2 is 1.45 bits per heavy atom. The highest BCUT2D eigenvalue weighted by atomic mass is 19.1. The minimum absolute atomic E-state index is 0.0902. The molecule has 0 radical (unpaired) electrons. The molecule has 1 atom stereocenters. The molecule has 0 bridgehead atoms. The van der Waals surface area contributed by atoms with E-state index in [4.69, 9.17) is 0 Å². The zero-order chi connectivity index (χ0) is 22.1. The molecule has 1 unspecified atom stereocenters. The lowest BCUT2D eigenvalue weighted by Crippen LogP contribution is -2.15. The van der Waals surface area contributed by atoms with Crippen molar-refractivity contribution in [3.05, 3.63) is 58.7 Å². The van der Waals surface area contributed by atoms with E-state index < -0.39 is 0 Å². The SMILES string of the molecule is CCCCCCCCCCc1c(F)cc(C2C=CC(C3CCC(C)CC3)=CC2)cc1F. The van der Waals surface area contributed by atoms with Gasteiger partial charge in [-0.05, 0) is 67.2 Å². The highest BCUT2D eigenvalue weighted by Gasteiger charge is 2.23. The van der Waals surface area contributed by atoms with Crippen molar-refractivity contribution in [3.8, 4) is 0 Å². The molecule has 0 aromatic heterocycles. The molecule has 0 N–H and O–H groups in total. The van der Waals surface area contributed by atoms with Crippen LogP contribution in [0, 0.1) is 23.5 Å². The van der Waals surface area contributed by atoms with Gasteiger partial charge in [0.1, 0.15) is 11.6 Å². The Balaban J connectivity index is 1.47. The molecule has 3 rings (SSSR count). The second-order valence-electron chi connectivity index (χ2n) is 10.1. The first kappa shape index (κ1) is 24.2. The van der Waals surface area contributed by atoms with Gasteiger partial charge in [-0.25, -0.2) is 8.78 Å². The van der Waals surface area contributed by atoms with E-state index in [0.29, 0.717) is 12.3 Å². The summed E-state index contributed by atoms with van der Waals surface area (Å²) < 4.78 is 29.4. The molecule has 1 saturated carbocycles. The molecule has 1 aromatic carbocycles. The summed E-state index contributed by atoms with van der Waals surface area (Å²) >= 11 is 0. The predicted molar refractivity (Wildman–Crippen MR) is 128 cm³/mol. The largest absolute Gasteiger partial charge is 0.207 e. The first-order valence-corrected chi connectivity index (χ1v) is 12.9. The monoisotopic (exact) mass is 428 g/mol. The van der Waals surface area contributed by atoms with Crippen LogP contribution in [0.2, 0.25) is 0 Å². The summed E-state index contributed by atoms with van der Waals surface area (Å²) in [4.78, 5) is 0. The molecule has 0 saturated heterocycles. The minimum atomic E-state index is -0.359. The van der Waals surface area contributed by atoms with Crippen LogP contribution < -0.4 is 0 Å². The third kappa shape index (κ3) is 7.29. The fourth-order valence-corrected chi connectivity index (χ4v) is 5.29. The Morgan fingerprint density at radius 3 is 2.03 bits per heavy atom. The molecule has 0 spiro atoms. The van der Waals surface area contributed by atoms with Crippen LogP contribution in [0.5, 0.6) is 0 Å². The Hall–Kier alpha value is -1.44. The van der Waals surface area contributed by atoms with Gasteiger partial charge in [0.25, 0.3) is 0 Å². The third-order valence-electron chi connectivity index (χ3n) is 7.49. The molecule has 31 heavy (non-hydrogen) atoms. The summed E-state index contributed by atoms with van der Waals surface area (Å²) in [7, 11) is 0.